The molecule has 10 heteroatoms. The maximum atomic E-state index is 14.4. The van der Waals surface area contributed by atoms with E-state index in [2.05, 4.69) is 5.32 Å². The first-order valence-corrected chi connectivity index (χ1v) is 11.8. The number of nitrogens with zero attached hydrogens (tertiary/aromatic N) is 1. The molecule has 37 heavy (non-hydrogen) atoms. The molecular weight excluding hydrogens is 512 g/mol. The average Bonchev–Trinajstić information content (AvgIpc) is 3.27. The quantitative estimate of drug-likeness (QED) is 0.325. The molecule has 3 aromatic carbocycles. The van der Waals surface area contributed by atoms with E-state index in [1.165, 1.54) is 31.4 Å². The SMILES string of the molecule is COC(=O)[C@@H]1C[C@H](NC(=O)c2ccccc2-c2ccc(C(F)(F)F)cc2)CN1Cc1c(F)cccc1Cl. The summed E-state index contributed by atoms with van der Waals surface area (Å²) in [5.41, 5.74) is 0.637. The second kappa shape index (κ2) is 10.9. The van der Waals surface area contributed by atoms with Gasteiger partial charge in [-0.2, -0.15) is 13.2 Å². The van der Waals surface area contributed by atoms with E-state index in [9.17, 15) is 27.2 Å². The molecule has 0 spiro atoms. The lowest BCUT2D eigenvalue weighted by molar-refractivity contribution is -0.146. The zero-order valence-corrected chi connectivity index (χ0v) is 20.4. The zero-order valence-electron chi connectivity index (χ0n) is 19.7. The van der Waals surface area contributed by atoms with E-state index in [0.29, 0.717) is 11.1 Å². The topological polar surface area (TPSA) is 58.6 Å². The van der Waals surface area contributed by atoms with Crippen LogP contribution in [0.25, 0.3) is 11.1 Å². The van der Waals surface area contributed by atoms with E-state index in [4.69, 9.17) is 16.3 Å². The fraction of sp³-hybridized carbons (Fsp3) is 0.259. The van der Waals surface area contributed by atoms with E-state index >= 15 is 0 Å². The zero-order chi connectivity index (χ0) is 26.7. The Kier molecular flexibility index (Phi) is 7.85. The summed E-state index contributed by atoms with van der Waals surface area (Å²) in [6.07, 6.45) is -4.24. The van der Waals surface area contributed by atoms with Gasteiger partial charge in [-0.1, -0.05) is 48.0 Å². The summed E-state index contributed by atoms with van der Waals surface area (Å²) in [5.74, 6) is -1.47. The molecule has 1 N–H and O–H groups in total. The minimum atomic E-state index is -4.47. The molecular formula is C27H23ClF4N2O3. The normalized spacial score (nSPS) is 18.0. The number of likely N-dealkylation sites (tertiary alicyclic amines) is 1. The monoisotopic (exact) mass is 534 g/mol. The molecule has 0 radical (unpaired) electrons. The van der Waals surface area contributed by atoms with Crippen LogP contribution in [0, 0.1) is 5.82 Å². The van der Waals surface area contributed by atoms with Crippen molar-refractivity contribution in [3.05, 3.63) is 94.3 Å². The molecule has 194 valence electrons. The van der Waals surface area contributed by atoms with E-state index in [1.807, 2.05) is 0 Å². The summed E-state index contributed by atoms with van der Waals surface area (Å²) in [6, 6.07) is 14.3. The number of hydrogen-bond donors (Lipinski definition) is 1. The van der Waals surface area contributed by atoms with Gasteiger partial charge in [0.1, 0.15) is 11.9 Å². The number of halogens is 5. The van der Waals surface area contributed by atoms with Gasteiger partial charge in [0.05, 0.1) is 12.7 Å². The highest BCUT2D eigenvalue weighted by Gasteiger charge is 2.39. The van der Waals surface area contributed by atoms with Crippen LogP contribution >= 0.6 is 11.6 Å². The highest BCUT2D eigenvalue weighted by Crippen LogP contribution is 2.32. The van der Waals surface area contributed by atoms with Crippen molar-refractivity contribution in [2.45, 2.75) is 31.2 Å². The standard InChI is InChI=1S/C27H23ClF4N2O3/c1-37-26(36)24-13-18(14-34(24)15-21-22(28)7-4-8-23(21)29)33-25(35)20-6-3-2-5-19(20)16-9-11-17(12-10-16)27(30,31)32/h2-12,18,24H,13-15H2,1H3,(H,33,35)/t18-,24-/m0/s1. The molecule has 1 aliphatic rings. The number of benzene rings is 3. The summed E-state index contributed by atoms with van der Waals surface area (Å²) < 4.78 is 58.2. The van der Waals surface area contributed by atoms with Gasteiger partial charge in [0.25, 0.3) is 5.91 Å². The molecule has 0 unspecified atom stereocenters. The van der Waals surface area contributed by atoms with Crippen molar-refractivity contribution in [1.82, 2.24) is 10.2 Å². The number of ether oxygens (including phenoxy) is 1. The molecule has 1 fully saturated rings. The van der Waals surface area contributed by atoms with Gasteiger partial charge in [-0.25, -0.2) is 4.39 Å². The average molecular weight is 535 g/mol. The lowest BCUT2D eigenvalue weighted by Gasteiger charge is -2.23. The molecule has 1 aliphatic heterocycles. The van der Waals surface area contributed by atoms with Crippen LogP contribution in [0.5, 0.6) is 0 Å². The number of nitrogens with one attached hydrogen (secondary N) is 1. The van der Waals surface area contributed by atoms with E-state index in [0.717, 1.165) is 12.1 Å². The summed E-state index contributed by atoms with van der Waals surface area (Å²) in [5, 5.41) is 3.12. The minimum absolute atomic E-state index is 0.0415. The fourth-order valence-electron chi connectivity index (χ4n) is 4.49. The molecule has 4 rings (SSSR count). The molecule has 2 atom stereocenters. The maximum absolute atomic E-state index is 14.4. The number of rotatable bonds is 6. The van der Waals surface area contributed by atoms with Gasteiger partial charge in [-0.3, -0.25) is 14.5 Å². The third-order valence-corrected chi connectivity index (χ3v) is 6.68. The predicted octanol–water partition coefficient (Wildman–Crippen LogP) is 5.71. The second-order valence-corrected chi connectivity index (χ2v) is 9.10. The molecule has 5 nitrogen and oxygen atoms in total. The molecule has 1 heterocycles. The second-order valence-electron chi connectivity index (χ2n) is 8.70. The summed E-state index contributed by atoms with van der Waals surface area (Å²) in [6.45, 7) is 0.276. The first-order valence-electron chi connectivity index (χ1n) is 11.4. The summed E-state index contributed by atoms with van der Waals surface area (Å²) >= 11 is 6.17. The van der Waals surface area contributed by atoms with Gasteiger partial charge < -0.3 is 10.1 Å². The van der Waals surface area contributed by atoms with Crippen molar-refractivity contribution >= 4 is 23.5 Å². The van der Waals surface area contributed by atoms with Crippen LogP contribution in [0.2, 0.25) is 5.02 Å². The molecule has 0 saturated carbocycles. The van der Waals surface area contributed by atoms with E-state index < -0.39 is 41.5 Å². The minimum Gasteiger partial charge on any atom is -0.468 e. The molecule has 1 amide bonds. The number of carbonyl (C=O) groups excluding carboxylic acids is 2. The number of methoxy groups -OCH3 is 1. The van der Waals surface area contributed by atoms with Gasteiger partial charge in [0.15, 0.2) is 0 Å². The molecule has 1 saturated heterocycles. The van der Waals surface area contributed by atoms with Crippen molar-refractivity contribution < 1.29 is 31.9 Å². The lowest BCUT2D eigenvalue weighted by Crippen LogP contribution is -2.38. The van der Waals surface area contributed by atoms with Crippen molar-refractivity contribution in [3.63, 3.8) is 0 Å². The van der Waals surface area contributed by atoms with Crippen LogP contribution in [0.15, 0.2) is 66.7 Å². The van der Waals surface area contributed by atoms with Crippen molar-refractivity contribution in [3.8, 4) is 11.1 Å². The largest absolute Gasteiger partial charge is 0.468 e. The Bertz CT molecular complexity index is 1280. The van der Waals surface area contributed by atoms with E-state index in [-0.39, 0.29) is 35.7 Å². The molecule has 3 aromatic rings. The van der Waals surface area contributed by atoms with Crippen molar-refractivity contribution in [1.29, 1.82) is 0 Å². The highest BCUT2D eigenvalue weighted by molar-refractivity contribution is 6.31. The van der Waals surface area contributed by atoms with Gasteiger partial charge in [-0.05, 0) is 47.9 Å². The third-order valence-electron chi connectivity index (χ3n) is 6.33. The maximum Gasteiger partial charge on any atom is 0.416 e. The van der Waals surface area contributed by atoms with Crippen LogP contribution in [-0.4, -0.2) is 42.5 Å². The van der Waals surface area contributed by atoms with Crippen LogP contribution < -0.4 is 5.32 Å². The number of amides is 1. The molecule has 0 aromatic heterocycles. The van der Waals surface area contributed by atoms with Gasteiger partial charge in [-0.15, -0.1) is 0 Å². The third kappa shape index (κ3) is 5.94. The number of carbonyl (C=O) groups is 2. The summed E-state index contributed by atoms with van der Waals surface area (Å²) in [4.78, 5) is 27.4. The first-order chi connectivity index (χ1) is 17.6. The molecule has 0 aliphatic carbocycles. The smallest absolute Gasteiger partial charge is 0.416 e. The number of esters is 1. The Hall–Kier alpha value is -3.43. The van der Waals surface area contributed by atoms with Crippen molar-refractivity contribution in [2.24, 2.45) is 0 Å². The van der Waals surface area contributed by atoms with Crippen LogP contribution in [-0.2, 0) is 22.3 Å². The lowest BCUT2D eigenvalue weighted by atomic mass is 9.98. The Morgan fingerprint density at radius 1 is 1.05 bits per heavy atom. The number of alkyl halides is 3. The molecule has 0 bridgehead atoms. The Morgan fingerprint density at radius 2 is 1.76 bits per heavy atom. The van der Waals surface area contributed by atoms with Crippen molar-refractivity contribution in [2.75, 3.05) is 13.7 Å². The predicted molar refractivity (Wildman–Crippen MR) is 130 cm³/mol. The fourth-order valence-corrected chi connectivity index (χ4v) is 4.71. The Labute approximate surface area is 216 Å². The van der Waals surface area contributed by atoms with Crippen LogP contribution in [0.4, 0.5) is 17.6 Å². The Balaban J connectivity index is 1.54. The van der Waals surface area contributed by atoms with Crippen LogP contribution in [0.1, 0.15) is 27.9 Å². The first kappa shape index (κ1) is 26.6. The number of hydrogen-bond acceptors (Lipinski definition) is 4. The summed E-state index contributed by atoms with van der Waals surface area (Å²) in [7, 11) is 1.25. The van der Waals surface area contributed by atoms with E-state index in [1.54, 1.807) is 35.2 Å². The van der Waals surface area contributed by atoms with Crippen LogP contribution in [0.3, 0.4) is 0 Å². The Morgan fingerprint density at radius 3 is 2.41 bits per heavy atom. The van der Waals surface area contributed by atoms with Gasteiger partial charge in [0.2, 0.25) is 0 Å². The van der Waals surface area contributed by atoms with Gasteiger partial charge in [0, 0.05) is 35.3 Å². The highest BCUT2D eigenvalue weighted by atomic mass is 35.5. The van der Waals surface area contributed by atoms with Gasteiger partial charge >= 0.3 is 12.1 Å².